The lowest BCUT2D eigenvalue weighted by Crippen LogP contribution is -2.57. The van der Waals surface area contributed by atoms with E-state index in [4.69, 9.17) is 4.74 Å². The summed E-state index contributed by atoms with van der Waals surface area (Å²) in [7, 11) is 1.66. The van der Waals surface area contributed by atoms with Crippen LogP contribution in [0.1, 0.15) is 39.3 Å². The van der Waals surface area contributed by atoms with Gasteiger partial charge >= 0.3 is 0 Å². The summed E-state index contributed by atoms with van der Waals surface area (Å²) in [6.45, 7) is 4.52. The van der Waals surface area contributed by atoms with E-state index >= 15 is 0 Å². The molecule has 2 aliphatic rings. The van der Waals surface area contributed by atoms with Gasteiger partial charge in [-0.1, -0.05) is 12.1 Å². The summed E-state index contributed by atoms with van der Waals surface area (Å²) in [5, 5.41) is 2.13. The Morgan fingerprint density at radius 1 is 1.03 bits per heavy atom. The lowest BCUT2D eigenvalue weighted by atomic mass is 9.93. The zero-order valence-electron chi connectivity index (χ0n) is 20.5. The molecule has 1 fully saturated rings. The molecular formula is C28H30FN3O3S. The highest BCUT2D eigenvalue weighted by Gasteiger charge is 2.34. The third-order valence-electron chi connectivity index (χ3n) is 7.17. The van der Waals surface area contributed by atoms with Crippen molar-refractivity contribution in [1.29, 1.82) is 0 Å². The molecule has 2 atom stereocenters. The first-order valence-corrected chi connectivity index (χ1v) is 13.1. The molecule has 2 aliphatic heterocycles. The molecule has 1 aromatic heterocycles. The van der Waals surface area contributed by atoms with Crippen molar-refractivity contribution in [2.24, 2.45) is 0 Å². The number of benzene rings is 2. The van der Waals surface area contributed by atoms with Crippen LogP contribution < -0.4 is 4.74 Å². The summed E-state index contributed by atoms with van der Waals surface area (Å²) in [6.07, 6.45) is 0.934. The van der Waals surface area contributed by atoms with Gasteiger partial charge in [0.15, 0.2) is 0 Å². The van der Waals surface area contributed by atoms with Gasteiger partial charge in [-0.3, -0.25) is 14.5 Å². The highest BCUT2D eigenvalue weighted by Crippen LogP contribution is 2.38. The van der Waals surface area contributed by atoms with E-state index in [2.05, 4.69) is 28.5 Å². The monoisotopic (exact) mass is 507 g/mol. The number of nitrogens with zero attached hydrogens (tertiary/aromatic N) is 3. The van der Waals surface area contributed by atoms with Gasteiger partial charge in [0.2, 0.25) is 5.91 Å². The minimum atomic E-state index is -0.366. The van der Waals surface area contributed by atoms with Crippen molar-refractivity contribution in [3.05, 3.63) is 87.4 Å². The molecule has 2 amide bonds. The fraction of sp³-hybridized carbons (Fsp3) is 0.357. The molecule has 1 saturated heterocycles. The summed E-state index contributed by atoms with van der Waals surface area (Å²) >= 11 is 1.78. The lowest BCUT2D eigenvalue weighted by Gasteiger charge is -2.42. The van der Waals surface area contributed by atoms with E-state index in [0.717, 1.165) is 24.3 Å². The molecule has 36 heavy (non-hydrogen) atoms. The molecule has 0 aliphatic carbocycles. The van der Waals surface area contributed by atoms with Crippen molar-refractivity contribution in [3.8, 4) is 5.75 Å². The predicted octanol–water partition coefficient (Wildman–Crippen LogP) is 4.22. The number of hydrogen-bond donors (Lipinski definition) is 0. The number of amides is 2. The number of carbonyl (C=O) groups excluding carboxylic acids is 2. The van der Waals surface area contributed by atoms with Gasteiger partial charge in [-0.2, -0.15) is 0 Å². The van der Waals surface area contributed by atoms with E-state index in [1.165, 1.54) is 34.7 Å². The van der Waals surface area contributed by atoms with Crippen LogP contribution in [0.25, 0.3) is 0 Å². The second-order valence-corrected chi connectivity index (χ2v) is 10.4. The summed E-state index contributed by atoms with van der Waals surface area (Å²) in [5.41, 5.74) is 2.88. The second kappa shape index (κ2) is 10.4. The molecular weight excluding hydrogens is 477 g/mol. The van der Waals surface area contributed by atoms with Crippen molar-refractivity contribution >= 4 is 23.2 Å². The molecule has 8 heteroatoms. The minimum absolute atomic E-state index is 0.0219. The fourth-order valence-electron chi connectivity index (χ4n) is 5.23. The molecule has 3 heterocycles. The van der Waals surface area contributed by atoms with E-state index < -0.39 is 0 Å². The van der Waals surface area contributed by atoms with E-state index in [-0.39, 0.29) is 29.7 Å². The number of halogens is 1. The van der Waals surface area contributed by atoms with Gasteiger partial charge < -0.3 is 14.5 Å². The summed E-state index contributed by atoms with van der Waals surface area (Å²) in [4.78, 5) is 33.7. The Hall–Kier alpha value is -3.23. The zero-order valence-corrected chi connectivity index (χ0v) is 21.3. The Morgan fingerprint density at radius 3 is 2.47 bits per heavy atom. The van der Waals surface area contributed by atoms with Gasteiger partial charge in [-0.05, 0) is 72.3 Å². The molecule has 3 aromatic rings. The average Bonchev–Trinajstić information content (AvgIpc) is 3.37. The number of fused-ring (bicyclic) bond motifs is 1. The zero-order chi connectivity index (χ0) is 25.2. The number of piperazine rings is 1. The van der Waals surface area contributed by atoms with Crippen molar-refractivity contribution in [3.63, 3.8) is 0 Å². The summed E-state index contributed by atoms with van der Waals surface area (Å²) in [5.74, 6) is 0.392. The first-order valence-electron chi connectivity index (χ1n) is 12.2. The van der Waals surface area contributed by atoms with Crippen LogP contribution in [-0.2, 0) is 11.2 Å². The molecule has 0 radical (unpaired) electrons. The normalized spacial score (nSPS) is 20.2. The molecule has 188 valence electrons. The van der Waals surface area contributed by atoms with Crippen LogP contribution in [0.2, 0.25) is 0 Å². The number of carbonyl (C=O) groups is 2. The first-order chi connectivity index (χ1) is 17.4. The van der Waals surface area contributed by atoms with Gasteiger partial charge in [-0.25, -0.2) is 4.39 Å². The van der Waals surface area contributed by atoms with Gasteiger partial charge in [0.1, 0.15) is 11.6 Å². The molecule has 0 unspecified atom stereocenters. The Labute approximate surface area is 214 Å². The van der Waals surface area contributed by atoms with E-state index in [1.807, 2.05) is 24.0 Å². The molecule has 0 saturated carbocycles. The van der Waals surface area contributed by atoms with Crippen LogP contribution in [-0.4, -0.2) is 72.4 Å². The minimum Gasteiger partial charge on any atom is -0.497 e. The molecule has 0 spiro atoms. The van der Waals surface area contributed by atoms with Gasteiger partial charge in [0.25, 0.3) is 5.91 Å². The molecule has 0 bridgehead atoms. The second-order valence-electron chi connectivity index (χ2n) is 9.39. The van der Waals surface area contributed by atoms with Crippen LogP contribution in [0, 0.1) is 5.82 Å². The lowest BCUT2D eigenvalue weighted by molar-refractivity contribution is -0.135. The van der Waals surface area contributed by atoms with E-state index in [0.29, 0.717) is 31.7 Å². The topological polar surface area (TPSA) is 53.1 Å². The molecule has 5 rings (SSSR count). The predicted molar refractivity (Wildman–Crippen MR) is 138 cm³/mol. The first kappa shape index (κ1) is 24.5. The third kappa shape index (κ3) is 4.88. The number of ether oxygens (including phenoxy) is 1. The van der Waals surface area contributed by atoms with Crippen molar-refractivity contribution in [1.82, 2.24) is 14.7 Å². The SMILES string of the molecule is COc1ccc([C@@H]2c3ccsc3CCN2CC(=O)N2CCN(C(=O)c3ccc(F)cc3)[C@H](C)C2)cc1. The largest absolute Gasteiger partial charge is 0.497 e. The maximum Gasteiger partial charge on any atom is 0.254 e. The van der Waals surface area contributed by atoms with E-state index in [1.54, 1.807) is 23.3 Å². The highest BCUT2D eigenvalue weighted by atomic mass is 32.1. The summed E-state index contributed by atoms with van der Waals surface area (Å²) < 4.78 is 18.6. The Kier molecular flexibility index (Phi) is 7.07. The van der Waals surface area contributed by atoms with Crippen LogP contribution in [0.4, 0.5) is 4.39 Å². The van der Waals surface area contributed by atoms with Crippen LogP contribution in [0.3, 0.4) is 0 Å². The highest BCUT2D eigenvalue weighted by molar-refractivity contribution is 7.10. The van der Waals surface area contributed by atoms with Crippen molar-refractivity contribution in [2.45, 2.75) is 25.4 Å². The van der Waals surface area contributed by atoms with Crippen LogP contribution in [0.5, 0.6) is 5.75 Å². The number of rotatable bonds is 5. The Balaban J connectivity index is 1.27. The number of thiophene rings is 1. The van der Waals surface area contributed by atoms with Gasteiger partial charge in [0, 0.05) is 42.7 Å². The van der Waals surface area contributed by atoms with Gasteiger partial charge in [0.05, 0.1) is 19.7 Å². The fourth-order valence-corrected chi connectivity index (χ4v) is 6.14. The Morgan fingerprint density at radius 2 is 1.78 bits per heavy atom. The number of methoxy groups -OCH3 is 1. The molecule has 2 aromatic carbocycles. The Bertz CT molecular complexity index is 1230. The van der Waals surface area contributed by atoms with Crippen LogP contribution >= 0.6 is 11.3 Å². The molecule has 0 N–H and O–H groups in total. The quantitative estimate of drug-likeness (QED) is 0.519. The van der Waals surface area contributed by atoms with Crippen LogP contribution in [0.15, 0.2) is 60.0 Å². The summed E-state index contributed by atoms with van der Waals surface area (Å²) in [6, 6.07) is 15.8. The average molecular weight is 508 g/mol. The maximum absolute atomic E-state index is 13.4. The smallest absolute Gasteiger partial charge is 0.254 e. The molecule has 6 nitrogen and oxygen atoms in total. The number of hydrogen-bond acceptors (Lipinski definition) is 5. The maximum atomic E-state index is 13.4. The van der Waals surface area contributed by atoms with Crippen molar-refractivity contribution < 1.29 is 18.7 Å². The third-order valence-corrected chi connectivity index (χ3v) is 8.16. The van der Waals surface area contributed by atoms with Gasteiger partial charge in [-0.15, -0.1) is 11.3 Å². The van der Waals surface area contributed by atoms with E-state index in [9.17, 15) is 14.0 Å². The van der Waals surface area contributed by atoms with Crippen molar-refractivity contribution in [2.75, 3.05) is 39.8 Å². The standard InChI is InChI=1S/C28H30FN3O3S/c1-19-17-30(14-15-32(19)28(34)21-3-7-22(29)8-4-21)26(33)18-31-13-11-25-24(12-16-36-25)27(31)20-5-9-23(35-2)10-6-20/h3-10,12,16,19,27H,11,13-15,17-18H2,1-2H3/t19-,27-/m1/s1.